The van der Waals surface area contributed by atoms with Crippen molar-refractivity contribution in [2.24, 2.45) is 73.6 Å². The molecule has 1 saturated heterocycles. The van der Waals surface area contributed by atoms with Crippen molar-refractivity contribution in [3.63, 3.8) is 0 Å². The molecule has 0 spiro atoms. The number of primary amides is 1. The van der Waals surface area contributed by atoms with Gasteiger partial charge in [-0.1, -0.05) is 90.4 Å². The predicted octanol–water partition coefficient (Wildman–Crippen LogP) is -3.61. The number of likely N-dealkylation sites (tertiary alicyclic amines) is 1. The van der Waals surface area contributed by atoms with E-state index in [1.54, 1.807) is 70.2 Å². The van der Waals surface area contributed by atoms with Gasteiger partial charge < -0.3 is 120 Å². The number of amides is 14. The summed E-state index contributed by atoms with van der Waals surface area (Å²) in [6.45, 7) is 11.7. The van der Waals surface area contributed by atoms with Crippen molar-refractivity contribution < 1.29 is 72.2 Å². The number of aromatic hydroxyl groups is 1. The lowest BCUT2D eigenvalue weighted by molar-refractivity contribution is -0.143. The summed E-state index contributed by atoms with van der Waals surface area (Å²) in [7, 11) is 0. The number of aliphatic imine (C=N–C) groups is 2. The molecule has 2 aromatic carbocycles. The molecule has 0 unspecified atom stereocenters. The van der Waals surface area contributed by atoms with Crippen molar-refractivity contribution in [3.05, 3.63) is 65.7 Å². The fraction of sp³-hybridized carbons (Fsp3) is 0.636. The van der Waals surface area contributed by atoms with Crippen molar-refractivity contribution in [1.29, 1.82) is 0 Å². The van der Waals surface area contributed by atoms with E-state index in [0.29, 0.717) is 56.2 Å². The van der Waals surface area contributed by atoms with E-state index in [0.717, 1.165) is 0 Å². The highest BCUT2D eigenvalue weighted by atomic mass is 16.3. The Labute approximate surface area is 673 Å². The Balaban J connectivity index is 1.98. The molecule has 38 heteroatoms. The van der Waals surface area contributed by atoms with Crippen LogP contribution in [0.3, 0.4) is 0 Å². The van der Waals surface area contributed by atoms with Gasteiger partial charge in [0.25, 0.3) is 0 Å². The molecule has 0 aliphatic carbocycles. The van der Waals surface area contributed by atoms with Gasteiger partial charge in [0, 0.05) is 39.5 Å². The number of unbranched alkanes of at least 4 members (excludes halogenated alkanes) is 3. The molecule has 0 saturated carbocycles. The average molecular weight is 1620 g/mol. The summed E-state index contributed by atoms with van der Waals surface area (Å²) in [6, 6.07) is 0.689. The number of benzene rings is 2. The van der Waals surface area contributed by atoms with Gasteiger partial charge in [-0.15, -0.1) is 0 Å². The summed E-state index contributed by atoms with van der Waals surface area (Å²) < 4.78 is 0. The molecule has 1 aliphatic heterocycles. The summed E-state index contributed by atoms with van der Waals surface area (Å²) in [5, 5.41) is 41.9. The Morgan fingerprint density at radius 1 is 0.478 bits per heavy atom. The molecule has 1 aliphatic rings. The average Bonchev–Trinajstić information content (AvgIpc) is 1.75. The molecule has 0 aromatic heterocycles. The van der Waals surface area contributed by atoms with Gasteiger partial charge in [-0.25, -0.2) is 0 Å². The Morgan fingerprint density at radius 3 is 1.44 bits per heavy atom. The monoisotopic (exact) mass is 1620 g/mol. The topological polar surface area (TPSA) is 640 Å². The largest absolute Gasteiger partial charge is 0.508 e. The molecule has 1 fully saturated rings. The first-order valence-corrected chi connectivity index (χ1v) is 39.8. The van der Waals surface area contributed by atoms with Gasteiger partial charge in [0.2, 0.25) is 82.7 Å². The molecule has 3 rings (SSSR count). The summed E-state index contributed by atoms with van der Waals surface area (Å²) in [5.74, 6) is -11.8. The molecule has 0 bridgehead atoms. The van der Waals surface area contributed by atoms with Crippen LogP contribution in [0.5, 0.6) is 5.75 Å². The van der Waals surface area contributed by atoms with Gasteiger partial charge in [-0.05, 0) is 170 Å². The number of rotatable bonds is 55. The van der Waals surface area contributed by atoms with Crippen LogP contribution in [0.1, 0.15) is 175 Å². The lowest BCUT2D eigenvalue weighted by atomic mass is 9.96. The number of hydrogen-bond donors (Lipinski definition) is 21. The van der Waals surface area contributed by atoms with Crippen LogP contribution in [0.15, 0.2) is 64.6 Å². The van der Waals surface area contributed by atoms with Crippen LogP contribution in [0.2, 0.25) is 0 Å². The fourth-order valence-corrected chi connectivity index (χ4v) is 12.7. The molecular weight excluding hydrogens is 1490 g/mol. The van der Waals surface area contributed by atoms with E-state index in [1.807, 2.05) is 13.8 Å². The second-order valence-corrected chi connectivity index (χ2v) is 29.9. The van der Waals surface area contributed by atoms with Gasteiger partial charge >= 0.3 is 0 Å². The van der Waals surface area contributed by atoms with E-state index in [-0.39, 0.29) is 158 Å². The first-order chi connectivity index (χ1) is 54.6. The second-order valence-electron chi connectivity index (χ2n) is 29.9. The molecule has 38 nitrogen and oxygen atoms in total. The molecular formula is C77H129N23O15. The molecule has 12 atom stereocenters. The SMILES string of the molecule is CC[C@H](C)[C@H](NC(=O)[C@H](CCCCNC(C)=O)NC(=O)[C@H](CCCN=C(N)N)NC(=O)[C@H](CC(C)C)NC(=O)[C@H](Cc1ccccc1)NC(=O)CNC(=O)CNC(=O)[C@@H](N)Cc1ccc(O)cc1)C(=O)N[C@@H](CCCN=C(N)N)C(=O)N1CCC[C@H]1C(=O)N[C@@H](CCCCN)C(=O)N[C@@H](CC(C)C)C(=O)N[C@@H](CCCCN)C(N)=O. The number of phenolic OH excluding ortho intramolecular Hbond substituents is 1. The number of nitrogens with one attached hydrogen (secondary N) is 12. The number of nitrogens with zero attached hydrogens (tertiary/aromatic N) is 3. The predicted molar refractivity (Wildman–Crippen MR) is 434 cm³/mol. The quantitative estimate of drug-likeness (QED) is 0.0173. The van der Waals surface area contributed by atoms with Gasteiger partial charge in [-0.2, -0.15) is 0 Å². The zero-order valence-corrected chi connectivity index (χ0v) is 67.7. The summed E-state index contributed by atoms with van der Waals surface area (Å²) in [4.78, 5) is 205. The maximum Gasteiger partial charge on any atom is 0.245 e. The number of carbonyl (C=O) groups excluding carboxylic acids is 14. The molecule has 1 heterocycles. The normalized spacial score (nSPS) is 15.3. The van der Waals surface area contributed by atoms with E-state index >= 15 is 14.4 Å². The highest BCUT2D eigenvalue weighted by Gasteiger charge is 2.42. The Kier molecular flexibility index (Phi) is 45.7. The second kappa shape index (κ2) is 53.3. The zero-order chi connectivity index (χ0) is 85.7. The smallest absolute Gasteiger partial charge is 0.245 e. The van der Waals surface area contributed by atoms with E-state index in [9.17, 15) is 57.8 Å². The van der Waals surface area contributed by atoms with Crippen molar-refractivity contribution >= 4 is 94.6 Å². The van der Waals surface area contributed by atoms with E-state index in [1.165, 1.54) is 24.0 Å². The van der Waals surface area contributed by atoms with Gasteiger partial charge in [-0.3, -0.25) is 77.1 Å². The van der Waals surface area contributed by atoms with Gasteiger partial charge in [0.1, 0.15) is 66.2 Å². The Bertz CT molecular complexity index is 3530. The highest BCUT2D eigenvalue weighted by Crippen LogP contribution is 2.23. The third-order valence-corrected chi connectivity index (χ3v) is 19.1. The van der Waals surface area contributed by atoms with E-state index < -0.39 is 162 Å². The molecule has 115 heavy (non-hydrogen) atoms. The molecule has 14 amide bonds. The zero-order valence-electron chi connectivity index (χ0n) is 67.7. The number of carbonyl (C=O) groups is 14. The van der Waals surface area contributed by atoms with Crippen molar-refractivity contribution in [3.8, 4) is 5.75 Å². The standard InChI is InChI=1S/C77H129N23O15/c1-8-47(6)64(74(114)96-57(27-19-37-88-77(84)85)75(115)100-38-20-28-61(100)73(113)95-54(24-13-16-34-79)68(108)97-58(39-45(2)3)70(110)92-53(65(81)105)23-12-15-33-78)99-69(109)55(25-14-17-35-86-48(7)101)93-67(107)56(26-18-36-87-76(82)83)94-71(111)59(40-46(4)5)98-72(112)60(42-49-21-10-9-11-22-49)91-63(104)44-89-62(103)43-90-66(106)52(80)41-50-29-31-51(102)32-30-50/h9-11,21-22,29-32,45-47,52-61,64,102H,8,12-20,23-28,33-44,78-80H2,1-7H3,(H2,81,105)(H,86,101)(H,89,103)(H,90,106)(H,91,104)(H,92,110)(H,93,107)(H,94,111)(H,95,113)(H,96,114)(H,97,108)(H,98,112)(H,99,109)(H4,82,83,87)(H4,84,85,88)/t47-,52-,53-,54-,55-,56-,57-,58-,59-,60-,61-,64-/m0/s1. The Morgan fingerprint density at radius 2 is 0.930 bits per heavy atom. The number of guanidine groups is 2. The van der Waals surface area contributed by atoms with Crippen molar-refractivity contribution in [2.45, 2.75) is 243 Å². The third kappa shape index (κ3) is 38.8. The Hall–Kier alpha value is -10.8. The van der Waals surface area contributed by atoms with E-state index in [2.05, 4.69) is 73.8 Å². The van der Waals surface area contributed by atoms with E-state index in [4.69, 9.17) is 45.9 Å². The van der Waals surface area contributed by atoms with Gasteiger partial charge in [0.05, 0.1) is 19.1 Å². The lowest BCUT2D eigenvalue weighted by Gasteiger charge is -2.32. The van der Waals surface area contributed by atoms with Crippen LogP contribution in [-0.2, 0) is 80.0 Å². The first-order valence-electron chi connectivity index (χ1n) is 39.8. The summed E-state index contributed by atoms with van der Waals surface area (Å²) in [5.41, 5.74) is 47.1. The summed E-state index contributed by atoms with van der Waals surface area (Å²) in [6.07, 6.45) is 3.65. The van der Waals surface area contributed by atoms with Crippen LogP contribution in [0.25, 0.3) is 0 Å². The molecule has 0 radical (unpaired) electrons. The maximum atomic E-state index is 15.1. The highest BCUT2D eigenvalue weighted by molar-refractivity contribution is 6.00. The molecule has 2 aromatic rings. The van der Waals surface area contributed by atoms with Crippen LogP contribution >= 0.6 is 0 Å². The summed E-state index contributed by atoms with van der Waals surface area (Å²) >= 11 is 0. The number of phenols is 1. The van der Waals surface area contributed by atoms with Crippen LogP contribution in [0, 0.1) is 17.8 Å². The minimum absolute atomic E-state index is 0.00124. The minimum atomic E-state index is -1.46. The number of nitrogens with two attached hydrogens (primary N) is 8. The lowest BCUT2D eigenvalue weighted by Crippen LogP contribution is -2.61. The van der Waals surface area contributed by atoms with Crippen molar-refractivity contribution in [1.82, 2.24) is 68.7 Å². The van der Waals surface area contributed by atoms with Crippen LogP contribution in [-0.4, -0.2) is 223 Å². The van der Waals surface area contributed by atoms with Crippen molar-refractivity contribution in [2.75, 3.05) is 52.4 Å². The van der Waals surface area contributed by atoms with Gasteiger partial charge in [0.15, 0.2) is 11.9 Å². The third-order valence-electron chi connectivity index (χ3n) is 19.1. The van der Waals surface area contributed by atoms with Crippen LogP contribution < -0.4 is 110 Å². The minimum Gasteiger partial charge on any atom is -0.508 e. The molecule has 642 valence electrons. The maximum absolute atomic E-state index is 15.1. The van der Waals surface area contributed by atoms with Crippen LogP contribution in [0.4, 0.5) is 0 Å². The fourth-order valence-electron chi connectivity index (χ4n) is 12.7. The first kappa shape index (κ1) is 98.4. The number of hydrogen-bond acceptors (Lipinski definition) is 20. The molecule has 29 N–H and O–H groups in total.